The smallest absolute Gasteiger partial charge is 0.0541 e. The van der Waals surface area contributed by atoms with E-state index in [0.29, 0.717) is 5.92 Å². The molecule has 24 aromatic carbocycles. The fourth-order valence-electron chi connectivity index (χ4n) is 25.0. The third-order valence-corrected chi connectivity index (χ3v) is 37.1. The molecule has 6 aromatic heterocycles. The van der Waals surface area contributed by atoms with Gasteiger partial charge >= 0.3 is 0 Å². The standard InChI is InChI=1S/C84H53NS2.C60H37NS2/c1-5-17-52(18-6-1)58-34-41-81-75(44-58)77-50-62(54-21-9-3-10-22-54)48-70(83(77)86-81)60-32-39-79-73(46-60)74-47-61(71-49-63(55-23-11-4-12-24-55)51-78-76-45-59(53-19-7-2-8-20-53)35-42-82(76)87-84(71)78)33-40-80(74)85(79)64-36-29-56(30-37-64)57-31-38-69-67-27-14-13-25-65(67)66-26-15-16-28-68(66)72(69)43-57;1-2-13-45-43(11-1)44-12-3-4-14-46(44)52-33-37(25-30-47(45)52)36-23-28-40(29-24-36)61-55-31-26-38(41-17-9-19-50-48-15-5-7-21-57(48)62-59(41)50)34-53(55)54-35-39(27-32-56(54)61)42-18-10-20-51-49-16-6-8-22-58(49)63-60(42)51/h1-29,31-51,56H,30H2;1-23,25-36H,24H2. The second-order valence-electron chi connectivity index (χ2n) is 40.5. The van der Waals surface area contributed by atoms with E-state index in [1.165, 1.54) is 300 Å². The van der Waals surface area contributed by atoms with Gasteiger partial charge in [-0.2, -0.15) is 0 Å². The molecule has 0 bridgehead atoms. The van der Waals surface area contributed by atoms with Crippen LogP contribution in [-0.4, -0.2) is 9.13 Å². The second-order valence-corrected chi connectivity index (χ2v) is 44.7. The maximum Gasteiger partial charge on any atom is 0.0541 e. The molecular weight excluding hydrogens is 1890 g/mol. The largest absolute Gasteiger partial charge is 0.310 e. The monoisotopic (exact) mass is 1970 g/mol. The molecule has 0 amide bonds. The van der Waals surface area contributed by atoms with E-state index in [2.05, 4.69) is 519 Å². The molecule has 150 heavy (non-hydrogen) atoms. The minimum atomic E-state index is 0.239. The number of benzene rings is 24. The Kier molecular flexibility index (Phi) is 20.2. The Morgan fingerprint density at radius 3 is 0.767 bits per heavy atom. The van der Waals surface area contributed by atoms with Gasteiger partial charge in [-0.15, -0.1) is 45.3 Å². The third kappa shape index (κ3) is 14.1. The van der Waals surface area contributed by atoms with Crippen molar-refractivity contribution < 1.29 is 0 Å². The summed E-state index contributed by atoms with van der Waals surface area (Å²) < 4.78 is 15.6. The van der Waals surface area contributed by atoms with E-state index in [0.717, 1.165) is 12.8 Å². The highest BCUT2D eigenvalue weighted by Crippen LogP contribution is 2.53. The number of nitrogens with zero attached hydrogens (tertiary/aromatic N) is 2. The lowest BCUT2D eigenvalue weighted by atomic mass is 9.87. The number of rotatable bonds is 12. The maximum absolute atomic E-state index is 2.53. The first kappa shape index (κ1) is 86.6. The van der Waals surface area contributed by atoms with E-state index < -0.39 is 0 Å². The minimum absolute atomic E-state index is 0.239. The molecule has 2 aliphatic carbocycles. The number of fused-ring (bicyclic) bond motifs is 30. The van der Waals surface area contributed by atoms with Crippen LogP contribution in [0, 0.1) is 0 Å². The zero-order valence-electron chi connectivity index (χ0n) is 81.6. The highest BCUT2D eigenvalue weighted by atomic mass is 32.1. The fraction of sp³-hybridized carbons (Fsp3) is 0.0278. The van der Waals surface area contributed by atoms with Gasteiger partial charge in [0, 0.05) is 137 Å². The molecule has 30 aromatic rings. The number of hydrogen-bond donors (Lipinski definition) is 0. The van der Waals surface area contributed by atoms with E-state index in [9.17, 15) is 0 Å². The van der Waals surface area contributed by atoms with Crippen molar-refractivity contribution in [3.05, 3.63) is 521 Å². The molecule has 700 valence electrons. The Balaban J connectivity index is 0.000000142. The van der Waals surface area contributed by atoms with Crippen molar-refractivity contribution >= 4 is 246 Å². The van der Waals surface area contributed by atoms with Crippen LogP contribution in [-0.2, 0) is 0 Å². The van der Waals surface area contributed by atoms with Gasteiger partial charge in [-0.05, 0) is 300 Å². The Labute approximate surface area is 881 Å². The Bertz CT molecular complexity index is 10600. The highest BCUT2D eigenvalue weighted by Gasteiger charge is 2.28. The van der Waals surface area contributed by atoms with Gasteiger partial charge in [0.25, 0.3) is 0 Å². The Morgan fingerprint density at radius 2 is 0.427 bits per heavy atom. The van der Waals surface area contributed by atoms with Gasteiger partial charge in [0.05, 0.1) is 22.1 Å². The van der Waals surface area contributed by atoms with Crippen molar-refractivity contribution in [2.24, 2.45) is 0 Å². The predicted octanol–water partition coefficient (Wildman–Crippen LogP) is 42.5. The third-order valence-electron chi connectivity index (χ3n) is 32.2. The predicted molar refractivity (Wildman–Crippen MR) is 653 cm³/mol. The van der Waals surface area contributed by atoms with Crippen molar-refractivity contribution in [3.8, 4) is 89.0 Å². The fourth-order valence-corrected chi connectivity index (χ4v) is 29.9. The van der Waals surface area contributed by atoms with Crippen LogP contribution in [0.15, 0.2) is 510 Å². The number of hydrogen-bond acceptors (Lipinski definition) is 4. The molecule has 6 heterocycles. The van der Waals surface area contributed by atoms with Gasteiger partial charge in [0.1, 0.15) is 0 Å². The Hall–Kier alpha value is -17.7. The molecule has 0 N–H and O–H groups in total. The highest BCUT2D eigenvalue weighted by molar-refractivity contribution is 7.27. The van der Waals surface area contributed by atoms with Crippen LogP contribution in [0.5, 0.6) is 0 Å². The normalized spacial score (nSPS) is 14.0. The summed E-state index contributed by atoms with van der Waals surface area (Å²) >= 11 is 7.61. The van der Waals surface area contributed by atoms with Gasteiger partial charge < -0.3 is 9.13 Å². The van der Waals surface area contributed by atoms with E-state index >= 15 is 0 Å². The molecule has 32 rings (SSSR count). The molecule has 0 radical (unpaired) electrons. The van der Waals surface area contributed by atoms with Crippen LogP contribution in [0.3, 0.4) is 0 Å². The van der Waals surface area contributed by atoms with Crippen molar-refractivity contribution in [2.45, 2.75) is 24.7 Å². The van der Waals surface area contributed by atoms with E-state index in [-0.39, 0.29) is 5.92 Å². The average molecular weight is 1980 g/mol. The summed E-state index contributed by atoms with van der Waals surface area (Å²) in [5.41, 5.74) is 29.8. The molecule has 0 saturated carbocycles. The SMILES string of the molecule is C1=CC(c2ccc3c4ccccc4c4ccccc4c3c2)CC=C1n1c2ccc(-c3cc(-c4ccccc4)cc4c3sc3ccc(-c5ccccc5)cc34)cc2c2cc(-c3cc(-c4ccccc4)cc4c3sc3ccc(-c5ccccc5)cc34)ccc21.C1=CC(c2ccc3c4ccccc4c4ccccc4c3c2)CC=C1n1c2ccc(-c3cccc4c3sc3ccccc34)cc2c2cc(-c3cccc4c3sc3ccccc34)ccc21. The van der Waals surface area contributed by atoms with E-state index in [1.807, 2.05) is 45.3 Å². The van der Waals surface area contributed by atoms with Gasteiger partial charge in [-0.25, -0.2) is 0 Å². The van der Waals surface area contributed by atoms with Crippen molar-refractivity contribution in [2.75, 3.05) is 0 Å². The molecule has 0 spiro atoms. The van der Waals surface area contributed by atoms with E-state index in [4.69, 9.17) is 0 Å². The summed E-state index contributed by atoms with van der Waals surface area (Å²) in [5.74, 6) is 0.529. The first-order valence-electron chi connectivity index (χ1n) is 52.0. The molecule has 0 aliphatic heterocycles. The molecule has 2 unspecified atom stereocenters. The lowest BCUT2D eigenvalue weighted by molar-refractivity contribution is 0.852. The molecular formula is C144H90N2S4. The van der Waals surface area contributed by atoms with Gasteiger partial charge in [-0.1, -0.05) is 376 Å². The summed E-state index contributed by atoms with van der Waals surface area (Å²) in [5, 5.41) is 31.3. The average Bonchev–Trinajstić information content (AvgIpc) is 1.60. The number of thiophene rings is 4. The van der Waals surface area contributed by atoms with Gasteiger partial charge in [-0.3, -0.25) is 0 Å². The zero-order chi connectivity index (χ0) is 98.3. The summed E-state index contributed by atoms with van der Waals surface area (Å²) in [6.07, 6.45) is 16.4. The zero-order valence-corrected chi connectivity index (χ0v) is 84.9. The molecule has 0 fully saturated rings. The van der Waals surface area contributed by atoms with E-state index in [1.54, 1.807) is 0 Å². The van der Waals surface area contributed by atoms with Crippen LogP contribution < -0.4 is 0 Å². The summed E-state index contributed by atoms with van der Waals surface area (Å²) in [7, 11) is 0. The van der Waals surface area contributed by atoms with Crippen molar-refractivity contribution in [1.29, 1.82) is 0 Å². The number of aromatic nitrogens is 2. The summed E-state index contributed by atoms with van der Waals surface area (Å²) in [6.45, 7) is 0. The van der Waals surface area contributed by atoms with Crippen LogP contribution >= 0.6 is 45.3 Å². The van der Waals surface area contributed by atoms with Gasteiger partial charge in [0.2, 0.25) is 0 Å². The maximum atomic E-state index is 2.53. The summed E-state index contributed by atoms with van der Waals surface area (Å²) in [6, 6.07) is 177. The summed E-state index contributed by atoms with van der Waals surface area (Å²) in [4.78, 5) is 0. The molecule has 6 heteroatoms. The molecule has 0 saturated heterocycles. The van der Waals surface area contributed by atoms with Crippen LogP contribution in [0.1, 0.15) is 35.8 Å². The van der Waals surface area contributed by atoms with Gasteiger partial charge in [0.15, 0.2) is 0 Å². The minimum Gasteiger partial charge on any atom is -0.310 e. The first-order valence-corrected chi connectivity index (χ1v) is 55.2. The quantitative estimate of drug-likeness (QED) is 0.108. The first-order chi connectivity index (χ1) is 74.3. The molecule has 2 nitrogen and oxygen atoms in total. The van der Waals surface area contributed by atoms with Crippen LogP contribution in [0.25, 0.3) is 289 Å². The Morgan fingerprint density at radius 1 is 0.160 bits per heavy atom. The lowest BCUT2D eigenvalue weighted by Gasteiger charge is -2.20. The second kappa shape index (κ2) is 35.0. The number of allylic oxidation sites excluding steroid dienone is 8. The van der Waals surface area contributed by atoms with Crippen LogP contribution in [0.2, 0.25) is 0 Å². The van der Waals surface area contributed by atoms with Crippen LogP contribution in [0.4, 0.5) is 0 Å². The lowest BCUT2D eigenvalue weighted by Crippen LogP contribution is -2.03. The van der Waals surface area contributed by atoms with Crippen molar-refractivity contribution in [3.63, 3.8) is 0 Å². The van der Waals surface area contributed by atoms with Crippen molar-refractivity contribution in [1.82, 2.24) is 9.13 Å². The molecule has 2 atom stereocenters. The topological polar surface area (TPSA) is 9.86 Å². The molecule has 2 aliphatic rings.